The van der Waals surface area contributed by atoms with Gasteiger partial charge in [0.1, 0.15) is 30.2 Å². The Hall–Kier alpha value is -1.62. The summed E-state index contributed by atoms with van der Waals surface area (Å²) >= 11 is 0. The van der Waals surface area contributed by atoms with Crippen molar-refractivity contribution in [1.82, 2.24) is 19.5 Å². The number of hydrogen-bond acceptors (Lipinski definition) is 10. The van der Waals surface area contributed by atoms with Crippen molar-refractivity contribution in [2.75, 3.05) is 5.73 Å². The van der Waals surface area contributed by atoms with Crippen LogP contribution in [0.5, 0.6) is 0 Å². The average Bonchev–Trinajstić information content (AvgIpc) is 3.09. The molecule has 0 bridgehead atoms. The first-order valence-corrected chi connectivity index (χ1v) is 9.67. The minimum Gasteiger partial charge on any atom is -0.386 e. The first-order valence-electron chi connectivity index (χ1n) is 8.21. The quantitative estimate of drug-likeness (QED) is 0.734. The van der Waals surface area contributed by atoms with Gasteiger partial charge in [-0.1, -0.05) is 0 Å². The van der Waals surface area contributed by atoms with Crippen LogP contribution in [-0.4, -0.2) is 55.1 Å². The minimum absolute atomic E-state index is 0.224. The second kappa shape index (κ2) is 6.22. The number of rotatable bonds is 3. The van der Waals surface area contributed by atoms with Crippen LogP contribution in [0.1, 0.15) is 27.0 Å². The Morgan fingerprint density at radius 3 is 2.81 bits per heavy atom. The van der Waals surface area contributed by atoms with Crippen molar-refractivity contribution in [3.05, 3.63) is 12.7 Å². The molecule has 11 nitrogen and oxygen atoms in total. The van der Waals surface area contributed by atoms with Crippen LogP contribution in [0.4, 0.5) is 5.82 Å². The highest BCUT2D eigenvalue weighted by Gasteiger charge is 2.56. The van der Waals surface area contributed by atoms with Crippen molar-refractivity contribution in [3.63, 3.8) is 0 Å². The topological polar surface area (TPSA) is 144 Å². The predicted octanol–water partition coefficient (Wildman–Crippen LogP) is 1.00. The highest BCUT2D eigenvalue weighted by atomic mass is 31.2. The first-order chi connectivity index (χ1) is 12.3. The SMILES string of the molecule is CC(C)OP1(=O)OC(C)C2OC(n3cnc4c(N)ncnc43)C(O)C2O1. The first kappa shape index (κ1) is 17.8. The zero-order chi connectivity index (χ0) is 18.6. The average molecular weight is 385 g/mol. The third kappa shape index (κ3) is 2.81. The van der Waals surface area contributed by atoms with E-state index in [9.17, 15) is 9.67 Å². The lowest BCUT2D eigenvalue weighted by molar-refractivity contribution is -0.106. The highest BCUT2D eigenvalue weighted by molar-refractivity contribution is 7.48. The molecule has 2 fully saturated rings. The van der Waals surface area contributed by atoms with Crippen molar-refractivity contribution in [2.45, 2.75) is 57.5 Å². The Balaban J connectivity index is 1.66. The summed E-state index contributed by atoms with van der Waals surface area (Å²) in [6.07, 6.45) is -1.72. The molecule has 0 spiro atoms. The summed E-state index contributed by atoms with van der Waals surface area (Å²) in [7, 11) is -3.80. The lowest BCUT2D eigenvalue weighted by atomic mass is 10.1. The van der Waals surface area contributed by atoms with E-state index in [-0.39, 0.29) is 11.9 Å². The molecule has 0 aliphatic carbocycles. The number of nitrogens with zero attached hydrogens (tertiary/aromatic N) is 4. The molecule has 0 aromatic carbocycles. The molecule has 0 saturated carbocycles. The third-order valence-electron chi connectivity index (χ3n) is 4.26. The maximum Gasteiger partial charge on any atom is 0.475 e. The molecule has 4 rings (SSSR count). The van der Waals surface area contributed by atoms with Crippen LogP contribution >= 0.6 is 7.82 Å². The summed E-state index contributed by atoms with van der Waals surface area (Å²) in [5.41, 5.74) is 6.61. The zero-order valence-corrected chi connectivity index (χ0v) is 15.3. The maximum atomic E-state index is 12.7. The lowest BCUT2D eigenvalue weighted by Crippen LogP contribution is -2.44. The second-order valence-electron chi connectivity index (χ2n) is 6.55. The number of phosphoric acid groups is 1. The Labute approximate surface area is 149 Å². The number of nitrogens with two attached hydrogens (primary N) is 1. The Morgan fingerprint density at radius 2 is 2.08 bits per heavy atom. The van der Waals surface area contributed by atoms with Gasteiger partial charge in [0.25, 0.3) is 0 Å². The molecule has 12 heteroatoms. The van der Waals surface area contributed by atoms with Crippen molar-refractivity contribution in [3.8, 4) is 0 Å². The van der Waals surface area contributed by atoms with Gasteiger partial charge in [-0.05, 0) is 20.8 Å². The van der Waals surface area contributed by atoms with E-state index in [0.717, 1.165) is 0 Å². The fourth-order valence-electron chi connectivity index (χ4n) is 3.21. The smallest absolute Gasteiger partial charge is 0.386 e. The monoisotopic (exact) mass is 385 g/mol. The van der Waals surface area contributed by atoms with Crippen LogP contribution < -0.4 is 5.73 Å². The largest absolute Gasteiger partial charge is 0.475 e. The van der Waals surface area contributed by atoms with Gasteiger partial charge in [-0.3, -0.25) is 18.1 Å². The van der Waals surface area contributed by atoms with Gasteiger partial charge < -0.3 is 15.6 Å². The van der Waals surface area contributed by atoms with Crippen LogP contribution in [0.3, 0.4) is 0 Å². The van der Waals surface area contributed by atoms with Crippen LogP contribution in [0, 0.1) is 0 Å². The number of aliphatic hydroxyl groups excluding tert-OH is 1. The van der Waals surface area contributed by atoms with Crippen molar-refractivity contribution in [2.24, 2.45) is 0 Å². The van der Waals surface area contributed by atoms with E-state index < -0.39 is 38.5 Å². The minimum atomic E-state index is -3.80. The van der Waals surface area contributed by atoms with E-state index in [0.29, 0.717) is 11.2 Å². The third-order valence-corrected chi connectivity index (χ3v) is 6.03. The molecule has 26 heavy (non-hydrogen) atoms. The van der Waals surface area contributed by atoms with Crippen LogP contribution in [0.2, 0.25) is 0 Å². The standard InChI is InChI=1S/C14H20N5O6P/c1-6(2)23-26(21)24-7(3)10-11(25-26)9(20)14(22-10)19-5-18-8-12(15)16-4-17-13(8)19/h4-7,9-11,14,20H,1-3H3,(H2,15,16,17). The van der Waals surface area contributed by atoms with Crippen LogP contribution in [0.15, 0.2) is 12.7 Å². The molecular weight excluding hydrogens is 365 g/mol. The van der Waals surface area contributed by atoms with Gasteiger partial charge in [0, 0.05) is 0 Å². The van der Waals surface area contributed by atoms with E-state index in [4.69, 9.17) is 24.0 Å². The Bertz CT molecular complexity index is 875. The molecule has 2 saturated heterocycles. The molecule has 0 radical (unpaired) electrons. The van der Waals surface area contributed by atoms with E-state index in [2.05, 4.69) is 15.0 Å². The number of ether oxygens (including phenoxy) is 1. The fourth-order valence-corrected chi connectivity index (χ4v) is 4.94. The maximum absolute atomic E-state index is 12.7. The van der Waals surface area contributed by atoms with E-state index in [1.54, 1.807) is 25.3 Å². The van der Waals surface area contributed by atoms with Gasteiger partial charge >= 0.3 is 7.82 Å². The van der Waals surface area contributed by atoms with Gasteiger partial charge in [0.05, 0.1) is 18.5 Å². The molecule has 6 atom stereocenters. The summed E-state index contributed by atoms with van der Waals surface area (Å²) in [6, 6.07) is 0. The van der Waals surface area contributed by atoms with Gasteiger partial charge in [-0.15, -0.1) is 0 Å². The molecule has 2 aromatic rings. The molecule has 142 valence electrons. The molecule has 2 aliphatic heterocycles. The number of fused-ring (bicyclic) bond motifs is 2. The van der Waals surface area contributed by atoms with Gasteiger partial charge in [-0.25, -0.2) is 19.5 Å². The zero-order valence-electron chi connectivity index (χ0n) is 14.4. The van der Waals surface area contributed by atoms with Crippen molar-refractivity contribution in [1.29, 1.82) is 0 Å². The Kier molecular flexibility index (Phi) is 4.25. The molecular formula is C14H20N5O6P. The predicted molar refractivity (Wildman–Crippen MR) is 88.9 cm³/mol. The second-order valence-corrected chi connectivity index (χ2v) is 8.07. The number of phosphoric ester groups is 1. The molecule has 4 heterocycles. The lowest BCUT2D eigenvalue weighted by Gasteiger charge is -2.35. The van der Waals surface area contributed by atoms with Crippen LogP contribution in [-0.2, 0) is 22.9 Å². The Morgan fingerprint density at radius 1 is 1.31 bits per heavy atom. The number of imidazole rings is 1. The summed E-state index contributed by atoms with van der Waals surface area (Å²) in [5.74, 6) is 0.224. The van der Waals surface area contributed by atoms with Crippen molar-refractivity contribution < 1.29 is 28.0 Å². The van der Waals surface area contributed by atoms with Gasteiger partial charge in [0.15, 0.2) is 17.7 Å². The fraction of sp³-hybridized carbons (Fsp3) is 0.643. The summed E-state index contributed by atoms with van der Waals surface area (Å²) in [4.78, 5) is 12.2. The summed E-state index contributed by atoms with van der Waals surface area (Å²) in [6.45, 7) is 5.13. The molecule has 3 N–H and O–H groups in total. The van der Waals surface area contributed by atoms with Gasteiger partial charge in [-0.2, -0.15) is 0 Å². The van der Waals surface area contributed by atoms with E-state index >= 15 is 0 Å². The molecule has 2 aliphatic rings. The number of aromatic nitrogens is 4. The number of nitrogen functional groups attached to an aromatic ring is 1. The number of anilines is 1. The van der Waals surface area contributed by atoms with Crippen molar-refractivity contribution >= 4 is 24.8 Å². The van der Waals surface area contributed by atoms with Gasteiger partial charge in [0.2, 0.25) is 0 Å². The highest BCUT2D eigenvalue weighted by Crippen LogP contribution is 2.59. The van der Waals surface area contributed by atoms with Crippen LogP contribution in [0.25, 0.3) is 11.2 Å². The summed E-state index contributed by atoms with van der Waals surface area (Å²) in [5, 5.41) is 10.8. The number of aliphatic hydroxyl groups is 1. The molecule has 0 amide bonds. The normalized spacial score (nSPS) is 37.3. The summed E-state index contributed by atoms with van der Waals surface area (Å²) < 4.78 is 36.4. The van der Waals surface area contributed by atoms with E-state index in [1.165, 1.54) is 12.7 Å². The molecule has 2 aromatic heterocycles. The van der Waals surface area contributed by atoms with E-state index in [1.807, 2.05) is 0 Å². The molecule has 6 unspecified atom stereocenters. The number of hydrogen-bond donors (Lipinski definition) is 2.